The molecular formula is C14H15ClN4S. The van der Waals surface area contributed by atoms with Gasteiger partial charge in [-0.25, -0.2) is 9.97 Å². The van der Waals surface area contributed by atoms with Crippen molar-refractivity contribution in [1.29, 1.82) is 5.41 Å². The zero-order valence-electron chi connectivity index (χ0n) is 11.5. The summed E-state index contributed by atoms with van der Waals surface area (Å²) in [5, 5.41) is 8.56. The smallest absolute Gasteiger partial charge is 0.192 e. The summed E-state index contributed by atoms with van der Waals surface area (Å²) in [7, 11) is 0. The van der Waals surface area contributed by atoms with Gasteiger partial charge in [0.05, 0.1) is 5.02 Å². The van der Waals surface area contributed by atoms with Gasteiger partial charge in [-0.15, -0.1) is 0 Å². The fraction of sp³-hybridized carbons (Fsp3) is 0.214. The second kappa shape index (κ2) is 5.81. The van der Waals surface area contributed by atoms with Crippen molar-refractivity contribution in [2.45, 2.75) is 30.8 Å². The van der Waals surface area contributed by atoms with Crippen molar-refractivity contribution in [3.05, 3.63) is 45.7 Å². The monoisotopic (exact) mass is 306 g/mol. The molecule has 3 N–H and O–H groups in total. The Bertz CT molecular complexity index is 662. The van der Waals surface area contributed by atoms with Crippen LogP contribution in [-0.2, 0) is 0 Å². The Kier molecular flexibility index (Phi) is 4.30. The van der Waals surface area contributed by atoms with Crippen LogP contribution < -0.4 is 5.73 Å². The summed E-state index contributed by atoms with van der Waals surface area (Å²) in [6, 6.07) is 5.37. The van der Waals surface area contributed by atoms with Crippen LogP contribution in [0.5, 0.6) is 0 Å². The van der Waals surface area contributed by atoms with Crippen molar-refractivity contribution in [3.63, 3.8) is 0 Å². The van der Waals surface area contributed by atoms with Crippen molar-refractivity contribution in [2.75, 3.05) is 0 Å². The molecular weight excluding hydrogens is 292 g/mol. The Morgan fingerprint density at radius 3 is 2.30 bits per heavy atom. The maximum Gasteiger partial charge on any atom is 0.192 e. The number of benzene rings is 1. The number of nitrogens with two attached hydrogens (primary N) is 1. The summed E-state index contributed by atoms with van der Waals surface area (Å²) in [5.74, 6) is -0.0372. The first-order chi connectivity index (χ1) is 9.38. The molecule has 0 unspecified atom stereocenters. The molecule has 0 aliphatic rings. The molecule has 0 atom stereocenters. The predicted molar refractivity (Wildman–Crippen MR) is 82.8 cm³/mol. The third-order valence-corrected chi connectivity index (χ3v) is 4.22. The van der Waals surface area contributed by atoms with E-state index in [1.54, 1.807) is 12.1 Å². The van der Waals surface area contributed by atoms with E-state index in [0.717, 1.165) is 21.8 Å². The summed E-state index contributed by atoms with van der Waals surface area (Å²) in [5.41, 5.74) is 9.04. The lowest BCUT2D eigenvalue weighted by Crippen LogP contribution is -2.11. The number of aryl methyl sites for hydroxylation is 2. The first-order valence-electron chi connectivity index (χ1n) is 6.02. The fourth-order valence-corrected chi connectivity index (χ4v) is 2.91. The minimum Gasteiger partial charge on any atom is -0.384 e. The molecule has 2 aromatic rings. The largest absolute Gasteiger partial charge is 0.384 e. The average molecular weight is 307 g/mol. The first-order valence-corrected chi connectivity index (χ1v) is 7.21. The quantitative estimate of drug-likeness (QED) is 0.517. The van der Waals surface area contributed by atoms with Gasteiger partial charge in [0.15, 0.2) is 5.16 Å². The summed E-state index contributed by atoms with van der Waals surface area (Å²) in [6.07, 6.45) is 0. The second-order valence-electron chi connectivity index (χ2n) is 4.46. The molecule has 0 aliphatic heterocycles. The number of nitrogens with zero attached hydrogens (tertiary/aromatic N) is 2. The van der Waals surface area contributed by atoms with Gasteiger partial charge in [-0.2, -0.15) is 0 Å². The number of halogens is 1. The third kappa shape index (κ3) is 3.11. The van der Waals surface area contributed by atoms with Crippen LogP contribution in [0.25, 0.3) is 0 Å². The van der Waals surface area contributed by atoms with Crippen LogP contribution in [-0.4, -0.2) is 15.8 Å². The third-order valence-electron chi connectivity index (χ3n) is 3.05. The van der Waals surface area contributed by atoms with E-state index in [1.165, 1.54) is 11.8 Å². The number of aromatic nitrogens is 2. The van der Waals surface area contributed by atoms with Crippen LogP contribution in [0.2, 0.25) is 5.02 Å². The molecule has 0 amide bonds. The Labute approximate surface area is 127 Å². The van der Waals surface area contributed by atoms with Gasteiger partial charge in [0.2, 0.25) is 0 Å². The Morgan fingerprint density at radius 1 is 1.20 bits per heavy atom. The van der Waals surface area contributed by atoms with Crippen molar-refractivity contribution in [2.24, 2.45) is 5.73 Å². The molecule has 0 aliphatic carbocycles. The van der Waals surface area contributed by atoms with Gasteiger partial charge in [0, 0.05) is 21.8 Å². The van der Waals surface area contributed by atoms with Gasteiger partial charge in [-0.05, 0) is 56.3 Å². The number of rotatable bonds is 3. The Balaban J connectivity index is 2.31. The highest BCUT2D eigenvalue weighted by Gasteiger charge is 2.09. The van der Waals surface area contributed by atoms with E-state index in [9.17, 15) is 0 Å². The van der Waals surface area contributed by atoms with E-state index < -0.39 is 0 Å². The second-order valence-corrected chi connectivity index (χ2v) is 5.91. The average Bonchev–Trinajstić information content (AvgIpc) is 2.35. The van der Waals surface area contributed by atoms with Crippen LogP contribution in [0, 0.1) is 26.2 Å². The van der Waals surface area contributed by atoms with E-state index in [0.29, 0.717) is 15.7 Å². The van der Waals surface area contributed by atoms with E-state index in [4.69, 9.17) is 22.7 Å². The molecule has 0 spiro atoms. The number of hydrogen-bond acceptors (Lipinski definition) is 4. The molecule has 1 aromatic heterocycles. The number of amidine groups is 1. The highest BCUT2D eigenvalue weighted by atomic mass is 35.5. The molecule has 0 saturated carbocycles. The topological polar surface area (TPSA) is 75.7 Å². The van der Waals surface area contributed by atoms with Crippen molar-refractivity contribution >= 4 is 29.2 Å². The molecule has 0 radical (unpaired) electrons. The lowest BCUT2D eigenvalue weighted by atomic mass is 10.2. The highest BCUT2D eigenvalue weighted by Crippen LogP contribution is 2.29. The van der Waals surface area contributed by atoms with Crippen molar-refractivity contribution < 1.29 is 0 Å². The van der Waals surface area contributed by atoms with Gasteiger partial charge in [-0.1, -0.05) is 11.6 Å². The van der Waals surface area contributed by atoms with Crippen molar-refractivity contribution in [3.8, 4) is 0 Å². The first kappa shape index (κ1) is 14.8. The molecule has 6 heteroatoms. The van der Waals surface area contributed by atoms with E-state index in [-0.39, 0.29) is 5.84 Å². The maximum absolute atomic E-state index is 7.41. The molecule has 4 nitrogen and oxygen atoms in total. The van der Waals surface area contributed by atoms with Gasteiger partial charge >= 0.3 is 0 Å². The maximum atomic E-state index is 7.41. The lowest BCUT2D eigenvalue weighted by Gasteiger charge is -2.08. The molecule has 0 saturated heterocycles. The minimum absolute atomic E-state index is 0.0372. The zero-order chi connectivity index (χ0) is 14.9. The van der Waals surface area contributed by atoms with Gasteiger partial charge in [-0.3, -0.25) is 5.41 Å². The standard InChI is InChI=1S/C14H15ClN4S/c1-7-8(2)18-14(19-9(7)3)20-10-4-5-11(13(16)17)12(15)6-10/h4-6H,1-3H3,(H3,16,17). The Morgan fingerprint density at radius 2 is 1.80 bits per heavy atom. The molecule has 2 rings (SSSR count). The van der Waals surface area contributed by atoms with E-state index in [2.05, 4.69) is 9.97 Å². The fourth-order valence-electron chi connectivity index (χ4n) is 1.67. The summed E-state index contributed by atoms with van der Waals surface area (Å²) in [6.45, 7) is 5.96. The van der Waals surface area contributed by atoms with Crippen LogP contribution in [0.3, 0.4) is 0 Å². The van der Waals surface area contributed by atoms with Crippen LogP contribution in [0.15, 0.2) is 28.3 Å². The predicted octanol–water partition coefficient (Wildman–Crippen LogP) is 3.49. The number of nitrogens with one attached hydrogen (secondary N) is 1. The van der Waals surface area contributed by atoms with Crippen LogP contribution in [0.4, 0.5) is 0 Å². The van der Waals surface area contributed by atoms with Crippen molar-refractivity contribution in [1.82, 2.24) is 9.97 Å². The lowest BCUT2D eigenvalue weighted by molar-refractivity contribution is 0.881. The Hall–Kier alpha value is -1.59. The summed E-state index contributed by atoms with van der Waals surface area (Å²) >= 11 is 7.54. The highest BCUT2D eigenvalue weighted by molar-refractivity contribution is 7.99. The molecule has 0 fully saturated rings. The number of nitrogen functional groups attached to an aromatic ring is 1. The summed E-state index contributed by atoms with van der Waals surface area (Å²) in [4.78, 5) is 9.83. The van der Waals surface area contributed by atoms with Gasteiger partial charge in [0.1, 0.15) is 5.84 Å². The normalized spacial score (nSPS) is 10.6. The zero-order valence-corrected chi connectivity index (χ0v) is 13.1. The van der Waals surface area contributed by atoms with E-state index >= 15 is 0 Å². The molecule has 1 aromatic carbocycles. The number of hydrogen-bond donors (Lipinski definition) is 2. The van der Waals surface area contributed by atoms with Gasteiger partial charge in [0.25, 0.3) is 0 Å². The molecule has 20 heavy (non-hydrogen) atoms. The SMILES string of the molecule is Cc1nc(Sc2ccc(C(=N)N)c(Cl)c2)nc(C)c1C. The molecule has 0 bridgehead atoms. The molecule has 1 heterocycles. The van der Waals surface area contributed by atoms with Crippen LogP contribution in [0.1, 0.15) is 22.5 Å². The minimum atomic E-state index is -0.0372. The van der Waals surface area contributed by atoms with E-state index in [1.807, 2.05) is 26.8 Å². The van der Waals surface area contributed by atoms with Crippen LogP contribution >= 0.6 is 23.4 Å². The summed E-state index contributed by atoms with van der Waals surface area (Å²) < 4.78 is 0. The molecule has 104 valence electrons. The van der Waals surface area contributed by atoms with Gasteiger partial charge < -0.3 is 5.73 Å².